The molecule has 0 bridgehead atoms. The quantitative estimate of drug-likeness (QED) is 0.812. The Labute approximate surface area is 144 Å². The largest absolute Gasteiger partial charge is 0.322 e. The van der Waals surface area contributed by atoms with Crippen LogP contribution in [0.1, 0.15) is 39.9 Å². The van der Waals surface area contributed by atoms with Crippen molar-refractivity contribution in [1.82, 2.24) is 20.4 Å². The van der Waals surface area contributed by atoms with Crippen molar-refractivity contribution in [1.29, 1.82) is 0 Å². The minimum Gasteiger partial charge on any atom is -0.322 e. The summed E-state index contributed by atoms with van der Waals surface area (Å²) in [6, 6.07) is 5.15. The van der Waals surface area contributed by atoms with Gasteiger partial charge in [-0.25, -0.2) is 0 Å². The monoisotopic (exact) mass is 338 g/mol. The zero-order valence-corrected chi connectivity index (χ0v) is 13.6. The lowest BCUT2D eigenvalue weighted by atomic mass is 9.98. The number of fused-ring (bicyclic) bond motifs is 1. The average molecular weight is 338 g/mol. The molecule has 2 N–H and O–H groups in total. The Morgan fingerprint density at radius 3 is 2.84 bits per heavy atom. The van der Waals surface area contributed by atoms with Crippen LogP contribution < -0.4 is 5.32 Å². The zero-order valence-electron chi connectivity index (χ0n) is 13.6. The third kappa shape index (κ3) is 2.82. The lowest BCUT2D eigenvalue weighted by Crippen LogP contribution is -2.52. The molecule has 1 aromatic carbocycles. The van der Waals surface area contributed by atoms with E-state index in [1.54, 1.807) is 11.1 Å². The van der Waals surface area contributed by atoms with Gasteiger partial charge in [0.05, 0.1) is 6.20 Å². The van der Waals surface area contributed by atoms with Gasteiger partial charge < -0.3 is 4.90 Å². The molecule has 2 aliphatic heterocycles. The second kappa shape index (κ2) is 6.16. The van der Waals surface area contributed by atoms with Crippen LogP contribution in [0.25, 0.3) is 0 Å². The number of hydrogen-bond acceptors (Lipinski definition) is 4. The number of carbonyl (C=O) groups excluding carboxylic acids is 3. The highest BCUT2D eigenvalue weighted by molar-refractivity contribution is 6.05. The molecule has 4 rings (SSSR count). The van der Waals surface area contributed by atoms with Crippen LogP contribution in [0, 0.1) is 0 Å². The Morgan fingerprint density at radius 2 is 2.08 bits per heavy atom. The van der Waals surface area contributed by atoms with E-state index in [-0.39, 0.29) is 24.1 Å². The second-order valence-electron chi connectivity index (χ2n) is 6.45. The smallest absolute Gasteiger partial charge is 0.255 e. The molecular weight excluding hydrogens is 320 g/mol. The number of aryl methyl sites for hydroxylation is 2. The highest BCUT2D eigenvalue weighted by Crippen LogP contribution is 2.30. The molecule has 1 aromatic heterocycles. The van der Waals surface area contributed by atoms with E-state index in [9.17, 15) is 14.4 Å². The molecule has 25 heavy (non-hydrogen) atoms. The molecule has 1 fully saturated rings. The van der Waals surface area contributed by atoms with Crippen LogP contribution in [0.4, 0.5) is 0 Å². The summed E-state index contributed by atoms with van der Waals surface area (Å²) in [7, 11) is 0. The summed E-state index contributed by atoms with van der Waals surface area (Å²) in [5, 5.41) is 9.08. The van der Waals surface area contributed by atoms with Gasteiger partial charge in [-0.15, -0.1) is 0 Å². The fraction of sp³-hybridized carbons (Fsp3) is 0.333. The molecule has 3 heterocycles. The number of aromatic amines is 1. The summed E-state index contributed by atoms with van der Waals surface area (Å²) in [6.07, 6.45) is 5.95. The first kappa shape index (κ1) is 15.6. The number of aromatic nitrogens is 2. The van der Waals surface area contributed by atoms with E-state index in [2.05, 4.69) is 15.5 Å². The summed E-state index contributed by atoms with van der Waals surface area (Å²) in [5.74, 6) is -0.779. The van der Waals surface area contributed by atoms with Gasteiger partial charge in [0.15, 0.2) is 0 Å². The van der Waals surface area contributed by atoms with Crippen molar-refractivity contribution in [2.24, 2.45) is 0 Å². The SMILES string of the molecule is O=C1CCC(N2Cc3c(CCc4cn[nH]c4)cccc3C2=O)C(=O)N1. The number of piperidine rings is 1. The molecule has 0 aliphatic carbocycles. The number of H-pyrrole nitrogens is 1. The van der Waals surface area contributed by atoms with Gasteiger partial charge >= 0.3 is 0 Å². The lowest BCUT2D eigenvalue weighted by Gasteiger charge is -2.29. The molecule has 0 saturated carbocycles. The maximum Gasteiger partial charge on any atom is 0.255 e. The number of benzene rings is 1. The summed E-state index contributed by atoms with van der Waals surface area (Å²) in [4.78, 5) is 37.8. The van der Waals surface area contributed by atoms with E-state index in [0.717, 1.165) is 29.5 Å². The highest BCUT2D eigenvalue weighted by atomic mass is 16.2. The van der Waals surface area contributed by atoms with Crippen molar-refractivity contribution < 1.29 is 14.4 Å². The summed E-state index contributed by atoms with van der Waals surface area (Å²) >= 11 is 0. The van der Waals surface area contributed by atoms with Crippen LogP contribution in [0.3, 0.4) is 0 Å². The number of hydrogen-bond donors (Lipinski definition) is 2. The van der Waals surface area contributed by atoms with E-state index in [4.69, 9.17) is 0 Å². The van der Waals surface area contributed by atoms with Crippen LogP contribution >= 0.6 is 0 Å². The molecule has 128 valence electrons. The number of nitrogens with one attached hydrogen (secondary N) is 2. The van der Waals surface area contributed by atoms with Gasteiger partial charge in [-0.1, -0.05) is 12.1 Å². The van der Waals surface area contributed by atoms with Crippen LogP contribution in [0.15, 0.2) is 30.6 Å². The molecular formula is C18H18N4O3. The van der Waals surface area contributed by atoms with Crippen molar-refractivity contribution in [3.63, 3.8) is 0 Å². The van der Waals surface area contributed by atoms with Crippen LogP contribution in [0.5, 0.6) is 0 Å². The van der Waals surface area contributed by atoms with Crippen molar-refractivity contribution >= 4 is 17.7 Å². The first-order valence-electron chi connectivity index (χ1n) is 8.36. The Balaban J connectivity index is 1.55. The number of rotatable bonds is 4. The topological polar surface area (TPSA) is 95.2 Å². The summed E-state index contributed by atoms with van der Waals surface area (Å²) < 4.78 is 0. The minimum atomic E-state index is -0.570. The molecule has 0 radical (unpaired) electrons. The lowest BCUT2D eigenvalue weighted by molar-refractivity contribution is -0.136. The minimum absolute atomic E-state index is 0.130. The van der Waals surface area contributed by atoms with Gasteiger partial charge in [0.2, 0.25) is 11.8 Å². The Bertz CT molecular complexity index is 844. The van der Waals surface area contributed by atoms with Crippen molar-refractivity contribution in [3.05, 3.63) is 52.8 Å². The van der Waals surface area contributed by atoms with Gasteiger partial charge in [-0.2, -0.15) is 5.10 Å². The molecule has 1 atom stereocenters. The fourth-order valence-electron chi connectivity index (χ4n) is 3.58. The van der Waals surface area contributed by atoms with Crippen LogP contribution in [-0.4, -0.2) is 38.9 Å². The highest BCUT2D eigenvalue weighted by Gasteiger charge is 2.39. The van der Waals surface area contributed by atoms with Gasteiger partial charge in [-0.3, -0.25) is 24.8 Å². The number of nitrogens with zero attached hydrogens (tertiary/aromatic N) is 2. The number of amides is 3. The molecule has 3 amide bonds. The van der Waals surface area contributed by atoms with Crippen LogP contribution in [-0.2, 0) is 29.0 Å². The molecule has 1 saturated heterocycles. The standard InChI is InChI=1S/C18H18N4O3/c23-16-7-6-15(17(24)21-16)22-10-14-12(2-1-3-13(14)18(22)25)5-4-11-8-19-20-9-11/h1-3,8-9,15H,4-7,10H2,(H,19,20)(H,21,23,24). The van der Waals surface area contributed by atoms with Gasteiger partial charge in [-0.05, 0) is 42.0 Å². The van der Waals surface area contributed by atoms with Gasteiger partial charge in [0, 0.05) is 24.7 Å². The van der Waals surface area contributed by atoms with Crippen LogP contribution in [0.2, 0.25) is 0 Å². The normalized spacial score (nSPS) is 19.9. The maximum atomic E-state index is 12.8. The predicted molar refractivity (Wildman–Crippen MR) is 88.5 cm³/mol. The summed E-state index contributed by atoms with van der Waals surface area (Å²) in [6.45, 7) is 0.419. The first-order valence-corrected chi connectivity index (χ1v) is 8.36. The van der Waals surface area contributed by atoms with Gasteiger partial charge in [0.25, 0.3) is 5.91 Å². The van der Waals surface area contributed by atoms with E-state index in [1.165, 1.54) is 0 Å². The Hall–Kier alpha value is -2.96. The number of imide groups is 1. The molecule has 2 aromatic rings. The average Bonchev–Trinajstić information content (AvgIpc) is 3.22. The van der Waals surface area contributed by atoms with Crippen molar-refractivity contribution in [2.45, 2.75) is 38.3 Å². The molecule has 7 heteroatoms. The van der Waals surface area contributed by atoms with E-state index in [0.29, 0.717) is 18.5 Å². The van der Waals surface area contributed by atoms with E-state index in [1.807, 2.05) is 24.4 Å². The van der Waals surface area contributed by atoms with Crippen molar-refractivity contribution in [2.75, 3.05) is 0 Å². The molecule has 7 nitrogen and oxygen atoms in total. The predicted octanol–water partition coefficient (Wildman–Crippen LogP) is 0.956. The second-order valence-corrected chi connectivity index (χ2v) is 6.45. The molecule has 1 unspecified atom stereocenters. The third-order valence-electron chi connectivity index (χ3n) is 4.92. The summed E-state index contributed by atoms with van der Waals surface area (Å²) in [5.41, 5.74) is 3.88. The third-order valence-corrected chi connectivity index (χ3v) is 4.92. The maximum absolute atomic E-state index is 12.8. The molecule has 0 spiro atoms. The Morgan fingerprint density at radius 1 is 1.20 bits per heavy atom. The molecule has 2 aliphatic rings. The van der Waals surface area contributed by atoms with E-state index >= 15 is 0 Å². The van der Waals surface area contributed by atoms with Crippen molar-refractivity contribution in [3.8, 4) is 0 Å². The van der Waals surface area contributed by atoms with E-state index < -0.39 is 6.04 Å². The van der Waals surface area contributed by atoms with Gasteiger partial charge in [0.1, 0.15) is 6.04 Å². The Kier molecular flexibility index (Phi) is 3.83. The number of carbonyl (C=O) groups is 3. The zero-order chi connectivity index (χ0) is 17.4. The fourth-order valence-corrected chi connectivity index (χ4v) is 3.58. The first-order chi connectivity index (χ1) is 12.1.